The third kappa shape index (κ3) is 3.25. The Labute approximate surface area is 115 Å². The fourth-order valence-corrected chi connectivity index (χ4v) is 2.16. The minimum Gasteiger partial charge on any atom is -0.459 e. The van der Waals surface area contributed by atoms with Crippen molar-refractivity contribution in [3.63, 3.8) is 0 Å². The zero-order valence-electron chi connectivity index (χ0n) is 11.4. The Hall–Kier alpha value is -1.69. The Kier molecular flexibility index (Phi) is 3.94. The monoisotopic (exact) mass is 285 g/mol. The number of nitrogen functional groups attached to an aromatic ring is 1. The van der Waals surface area contributed by atoms with Crippen LogP contribution in [0.5, 0.6) is 0 Å². The second kappa shape index (κ2) is 5.36. The van der Waals surface area contributed by atoms with Gasteiger partial charge in [0.05, 0.1) is 23.0 Å². The van der Waals surface area contributed by atoms with E-state index in [0.29, 0.717) is 6.07 Å². The van der Waals surface area contributed by atoms with E-state index in [9.17, 15) is 13.6 Å². The highest BCUT2D eigenvalue weighted by Gasteiger charge is 2.32. The number of benzene rings is 1. The molecule has 0 spiro atoms. The van der Waals surface area contributed by atoms with E-state index in [1.54, 1.807) is 0 Å². The summed E-state index contributed by atoms with van der Waals surface area (Å²) < 4.78 is 37.1. The topological polar surface area (TPSA) is 61.5 Å². The van der Waals surface area contributed by atoms with E-state index in [4.69, 9.17) is 15.2 Å². The molecule has 0 bridgehead atoms. The molecule has 4 nitrogen and oxygen atoms in total. The fourth-order valence-electron chi connectivity index (χ4n) is 2.16. The maximum Gasteiger partial charge on any atom is 0.341 e. The zero-order chi connectivity index (χ0) is 14.9. The van der Waals surface area contributed by atoms with Crippen molar-refractivity contribution in [2.75, 3.05) is 12.3 Å². The van der Waals surface area contributed by atoms with Gasteiger partial charge in [0.25, 0.3) is 0 Å². The molecular formula is C14H17F2NO3. The molecule has 1 aliphatic rings. The van der Waals surface area contributed by atoms with Crippen LogP contribution in [0.2, 0.25) is 0 Å². The lowest BCUT2D eigenvalue weighted by Gasteiger charge is -2.19. The van der Waals surface area contributed by atoms with Gasteiger partial charge in [0.15, 0.2) is 0 Å². The van der Waals surface area contributed by atoms with Gasteiger partial charge < -0.3 is 15.2 Å². The highest BCUT2D eigenvalue weighted by molar-refractivity contribution is 5.90. The fraction of sp³-hybridized carbons (Fsp3) is 0.500. The van der Waals surface area contributed by atoms with E-state index in [1.807, 2.05) is 13.8 Å². The van der Waals surface area contributed by atoms with Gasteiger partial charge in [-0.1, -0.05) is 0 Å². The number of carbonyl (C=O) groups is 1. The van der Waals surface area contributed by atoms with Gasteiger partial charge in [0, 0.05) is 6.07 Å². The van der Waals surface area contributed by atoms with Crippen LogP contribution in [-0.4, -0.2) is 24.3 Å². The van der Waals surface area contributed by atoms with E-state index in [2.05, 4.69) is 0 Å². The van der Waals surface area contributed by atoms with E-state index >= 15 is 0 Å². The van der Waals surface area contributed by atoms with Crippen molar-refractivity contribution in [1.82, 2.24) is 0 Å². The molecule has 1 unspecified atom stereocenters. The number of esters is 1. The minimum atomic E-state index is -0.991. The standard InChI is InChI=1S/C14H17F2NO3/c1-14(2)4-3-8(20-14)7-19-13(18)9-5-12(17)11(16)6-10(9)15/h5-6,8H,3-4,7,17H2,1-2H3. The summed E-state index contributed by atoms with van der Waals surface area (Å²) >= 11 is 0. The number of hydrogen-bond acceptors (Lipinski definition) is 4. The first-order valence-corrected chi connectivity index (χ1v) is 6.38. The van der Waals surface area contributed by atoms with Crippen LogP contribution in [0.3, 0.4) is 0 Å². The molecule has 0 saturated carbocycles. The molecular weight excluding hydrogens is 268 g/mol. The maximum atomic E-state index is 13.5. The maximum absolute atomic E-state index is 13.5. The van der Waals surface area contributed by atoms with Crippen molar-refractivity contribution in [2.45, 2.75) is 38.4 Å². The Morgan fingerprint density at radius 3 is 2.75 bits per heavy atom. The normalized spacial score (nSPS) is 20.9. The predicted molar refractivity (Wildman–Crippen MR) is 69.2 cm³/mol. The highest BCUT2D eigenvalue weighted by Crippen LogP contribution is 2.29. The van der Waals surface area contributed by atoms with Gasteiger partial charge in [-0.2, -0.15) is 0 Å². The Balaban J connectivity index is 1.98. The number of carbonyl (C=O) groups excluding carboxylic acids is 1. The van der Waals surface area contributed by atoms with Crippen LogP contribution < -0.4 is 5.73 Å². The van der Waals surface area contributed by atoms with Gasteiger partial charge in [-0.25, -0.2) is 13.6 Å². The van der Waals surface area contributed by atoms with Crippen molar-refractivity contribution in [1.29, 1.82) is 0 Å². The molecule has 110 valence electrons. The van der Waals surface area contributed by atoms with Crippen LogP contribution in [0, 0.1) is 11.6 Å². The van der Waals surface area contributed by atoms with Gasteiger partial charge in [-0.05, 0) is 32.8 Å². The van der Waals surface area contributed by atoms with Crippen molar-refractivity contribution in [3.8, 4) is 0 Å². The van der Waals surface area contributed by atoms with Gasteiger partial charge in [-0.15, -0.1) is 0 Å². The molecule has 6 heteroatoms. The second-order valence-electron chi connectivity index (χ2n) is 5.49. The molecule has 2 N–H and O–H groups in total. The summed E-state index contributed by atoms with van der Waals surface area (Å²) in [4.78, 5) is 11.8. The number of nitrogens with two attached hydrogens (primary N) is 1. The van der Waals surface area contributed by atoms with Gasteiger partial charge >= 0.3 is 5.97 Å². The first kappa shape index (κ1) is 14.7. The summed E-state index contributed by atoms with van der Waals surface area (Å²) in [7, 11) is 0. The van der Waals surface area contributed by atoms with E-state index in [1.165, 1.54) is 0 Å². The molecule has 0 amide bonds. The summed E-state index contributed by atoms with van der Waals surface area (Å²) in [6.45, 7) is 3.95. The van der Waals surface area contributed by atoms with E-state index < -0.39 is 17.6 Å². The van der Waals surface area contributed by atoms with Crippen LogP contribution in [-0.2, 0) is 9.47 Å². The van der Waals surface area contributed by atoms with Crippen molar-refractivity contribution in [3.05, 3.63) is 29.3 Å². The molecule has 0 aromatic heterocycles. The molecule has 2 rings (SSSR count). The number of anilines is 1. The quantitative estimate of drug-likeness (QED) is 0.685. The Morgan fingerprint density at radius 2 is 2.15 bits per heavy atom. The molecule has 1 saturated heterocycles. The van der Waals surface area contributed by atoms with Crippen LogP contribution in [0.15, 0.2) is 12.1 Å². The summed E-state index contributed by atoms with van der Waals surface area (Å²) in [5.74, 6) is -2.77. The van der Waals surface area contributed by atoms with Crippen LogP contribution >= 0.6 is 0 Å². The second-order valence-corrected chi connectivity index (χ2v) is 5.49. The summed E-state index contributed by atoms with van der Waals surface area (Å²) in [5.41, 5.74) is 4.40. The number of ether oxygens (including phenoxy) is 2. The highest BCUT2D eigenvalue weighted by atomic mass is 19.1. The first-order chi connectivity index (χ1) is 9.28. The molecule has 1 aromatic carbocycles. The summed E-state index contributed by atoms with van der Waals surface area (Å²) in [6.07, 6.45) is 1.44. The number of halogens is 2. The van der Waals surface area contributed by atoms with Crippen molar-refractivity contribution < 1.29 is 23.0 Å². The predicted octanol–water partition coefficient (Wildman–Crippen LogP) is 2.66. The molecule has 0 radical (unpaired) electrons. The number of hydrogen-bond donors (Lipinski definition) is 1. The lowest BCUT2D eigenvalue weighted by molar-refractivity contribution is -0.0446. The molecule has 1 aliphatic heterocycles. The molecule has 1 atom stereocenters. The van der Waals surface area contributed by atoms with Crippen LogP contribution in [0.1, 0.15) is 37.0 Å². The lowest BCUT2D eigenvalue weighted by Crippen LogP contribution is -2.24. The average molecular weight is 285 g/mol. The molecule has 1 fully saturated rings. The van der Waals surface area contributed by atoms with Crippen LogP contribution in [0.4, 0.5) is 14.5 Å². The zero-order valence-corrected chi connectivity index (χ0v) is 11.4. The van der Waals surface area contributed by atoms with Crippen molar-refractivity contribution >= 4 is 11.7 Å². The molecule has 1 heterocycles. The third-order valence-electron chi connectivity index (χ3n) is 3.26. The minimum absolute atomic E-state index is 0.0407. The summed E-state index contributed by atoms with van der Waals surface area (Å²) in [6, 6.07) is 1.51. The number of rotatable bonds is 3. The largest absolute Gasteiger partial charge is 0.459 e. The third-order valence-corrected chi connectivity index (χ3v) is 3.26. The van der Waals surface area contributed by atoms with Gasteiger partial charge in [-0.3, -0.25) is 0 Å². The van der Waals surface area contributed by atoms with Crippen LogP contribution in [0.25, 0.3) is 0 Å². The Bertz CT molecular complexity index is 531. The van der Waals surface area contributed by atoms with Gasteiger partial charge in [0.2, 0.25) is 0 Å². The first-order valence-electron chi connectivity index (χ1n) is 6.38. The van der Waals surface area contributed by atoms with Crippen molar-refractivity contribution in [2.24, 2.45) is 0 Å². The molecule has 0 aliphatic carbocycles. The smallest absolute Gasteiger partial charge is 0.341 e. The molecule has 20 heavy (non-hydrogen) atoms. The Morgan fingerprint density at radius 1 is 1.45 bits per heavy atom. The van der Waals surface area contributed by atoms with E-state index in [0.717, 1.165) is 18.9 Å². The summed E-state index contributed by atoms with van der Waals surface area (Å²) in [5, 5.41) is 0. The van der Waals surface area contributed by atoms with E-state index in [-0.39, 0.29) is 29.6 Å². The molecule has 1 aromatic rings. The van der Waals surface area contributed by atoms with Gasteiger partial charge in [0.1, 0.15) is 18.2 Å². The SMILES string of the molecule is CC1(C)CCC(COC(=O)c2cc(N)c(F)cc2F)O1. The lowest BCUT2D eigenvalue weighted by atomic mass is 10.1. The average Bonchev–Trinajstić information content (AvgIpc) is 2.70.